The average Bonchev–Trinajstić information content (AvgIpc) is 2.54. The largest absolute Gasteiger partial charge is 0.491 e. The number of hydrogen-bond donors (Lipinski definition) is 1. The minimum Gasteiger partial charge on any atom is -0.491 e. The van der Waals surface area contributed by atoms with E-state index in [0.717, 1.165) is 23.7 Å². The lowest BCUT2D eigenvalue weighted by molar-refractivity contribution is 0.145. The third kappa shape index (κ3) is 5.33. The van der Waals surface area contributed by atoms with Gasteiger partial charge in [-0.3, -0.25) is 0 Å². The molecule has 0 amide bonds. The van der Waals surface area contributed by atoms with E-state index in [1.807, 2.05) is 18.2 Å². The summed E-state index contributed by atoms with van der Waals surface area (Å²) < 4.78 is 10.8. The molecule has 1 atom stereocenters. The van der Waals surface area contributed by atoms with Crippen LogP contribution in [-0.2, 0) is 4.74 Å². The highest BCUT2D eigenvalue weighted by Crippen LogP contribution is 2.32. The van der Waals surface area contributed by atoms with E-state index in [-0.39, 0.29) is 6.04 Å². The van der Waals surface area contributed by atoms with Gasteiger partial charge in [0.2, 0.25) is 0 Å². The first-order valence-corrected chi connectivity index (χ1v) is 8.27. The van der Waals surface area contributed by atoms with E-state index < -0.39 is 0 Å². The molecule has 3 nitrogen and oxygen atoms in total. The van der Waals surface area contributed by atoms with Gasteiger partial charge in [-0.1, -0.05) is 50.3 Å². The molecular weight excluding hydrogens is 262 g/mol. The quantitative estimate of drug-likeness (QED) is 0.734. The van der Waals surface area contributed by atoms with Crippen molar-refractivity contribution in [3.8, 4) is 5.75 Å². The van der Waals surface area contributed by atoms with Gasteiger partial charge in [-0.15, -0.1) is 0 Å². The fourth-order valence-electron chi connectivity index (χ4n) is 3.20. The van der Waals surface area contributed by atoms with E-state index in [4.69, 9.17) is 15.2 Å². The van der Waals surface area contributed by atoms with Crippen molar-refractivity contribution < 1.29 is 9.47 Å². The summed E-state index contributed by atoms with van der Waals surface area (Å²) in [5.74, 6) is 1.79. The van der Waals surface area contributed by atoms with Crippen LogP contribution < -0.4 is 10.5 Å². The van der Waals surface area contributed by atoms with Crippen LogP contribution >= 0.6 is 0 Å². The Morgan fingerprint density at radius 1 is 1.14 bits per heavy atom. The number of hydrogen-bond acceptors (Lipinski definition) is 3. The SMILES string of the molecule is COCCOc1ccccc1C(N)CCC1CCCCC1. The Bertz CT molecular complexity index is 402. The summed E-state index contributed by atoms with van der Waals surface area (Å²) in [6.07, 6.45) is 9.28. The molecule has 0 aliphatic heterocycles. The second-order valence-electron chi connectivity index (χ2n) is 6.07. The summed E-state index contributed by atoms with van der Waals surface area (Å²) in [5, 5.41) is 0. The first kappa shape index (κ1) is 16.3. The Morgan fingerprint density at radius 3 is 2.67 bits per heavy atom. The molecule has 1 aromatic carbocycles. The molecule has 1 fully saturated rings. The maximum Gasteiger partial charge on any atom is 0.124 e. The van der Waals surface area contributed by atoms with Crippen LogP contribution in [0.2, 0.25) is 0 Å². The molecule has 118 valence electrons. The van der Waals surface area contributed by atoms with Gasteiger partial charge in [0.15, 0.2) is 0 Å². The van der Waals surface area contributed by atoms with Gasteiger partial charge in [-0.25, -0.2) is 0 Å². The van der Waals surface area contributed by atoms with Crippen molar-refractivity contribution in [3.05, 3.63) is 29.8 Å². The van der Waals surface area contributed by atoms with Crippen molar-refractivity contribution in [1.29, 1.82) is 0 Å². The van der Waals surface area contributed by atoms with Crippen LogP contribution in [0.1, 0.15) is 56.6 Å². The van der Waals surface area contributed by atoms with Crippen molar-refractivity contribution in [1.82, 2.24) is 0 Å². The molecule has 3 heteroatoms. The lowest BCUT2D eigenvalue weighted by atomic mass is 9.84. The van der Waals surface area contributed by atoms with Crippen LogP contribution in [0.5, 0.6) is 5.75 Å². The topological polar surface area (TPSA) is 44.5 Å². The molecule has 2 N–H and O–H groups in total. The molecule has 0 bridgehead atoms. The molecule has 1 saturated carbocycles. The summed E-state index contributed by atoms with van der Waals surface area (Å²) in [6.45, 7) is 1.18. The smallest absolute Gasteiger partial charge is 0.124 e. The third-order valence-corrected chi connectivity index (χ3v) is 4.47. The lowest BCUT2D eigenvalue weighted by Gasteiger charge is -2.23. The molecule has 0 spiro atoms. The zero-order chi connectivity index (χ0) is 14.9. The van der Waals surface area contributed by atoms with E-state index in [1.165, 1.54) is 38.5 Å². The van der Waals surface area contributed by atoms with Crippen molar-refractivity contribution in [2.24, 2.45) is 11.7 Å². The Balaban J connectivity index is 1.86. The van der Waals surface area contributed by atoms with Crippen molar-refractivity contribution in [2.45, 2.75) is 51.0 Å². The van der Waals surface area contributed by atoms with Gasteiger partial charge in [0.05, 0.1) is 6.61 Å². The van der Waals surface area contributed by atoms with E-state index in [0.29, 0.717) is 13.2 Å². The second kappa shape index (κ2) is 9.06. The molecule has 21 heavy (non-hydrogen) atoms. The molecular formula is C18H29NO2. The molecule has 2 rings (SSSR count). The maximum absolute atomic E-state index is 6.41. The molecule has 1 unspecified atom stereocenters. The zero-order valence-electron chi connectivity index (χ0n) is 13.2. The first-order chi connectivity index (χ1) is 10.3. The fraction of sp³-hybridized carbons (Fsp3) is 0.667. The number of nitrogens with two attached hydrogens (primary N) is 1. The molecule has 1 aromatic rings. The second-order valence-corrected chi connectivity index (χ2v) is 6.07. The van der Waals surface area contributed by atoms with Gasteiger partial charge in [0, 0.05) is 18.7 Å². The molecule has 0 radical (unpaired) electrons. The highest BCUT2D eigenvalue weighted by molar-refractivity contribution is 5.35. The van der Waals surface area contributed by atoms with Crippen molar-refractivity contribution in [2.75, 3.05) is 20.3 Å². The summed E-state index contributed by atoms with van der Waals surface area (Å²) >= 11 is 0. The van der Waals surface area contributed by atoms with E-state index in [1.54, 1.807) is 7.11 Å². The number of methoxy groups -OCH3 is 1. The standard InChI is InChI=1S/C18H29NO2/c1-20-13-14-21-18-10-6-5-9-16(18)17(19)12-11-15-7-3-2-4-8-15/h5-6,9-10,15,17H,2-4,7-8,11-14,19H2,1H3. The van der Waals surface area contributed by atoms with Crippen LogP contribution in [0.4, 0.5) is 0 Å². The summed E-state index contributed by atoms with van der Waals surface area (Å²) in [5.41, 5.74) is 7.54. The van der Waals surface area contributed by atoms with Gasteiger partial charge < -0.3 is 15.2 Å². The predicted molar refractivity (Wildman–Crippen MR) is 86.6 cm³/mol. The van der Waals surface area contributed by atoms with Crippen molar-refractivity contribution in [3.63, 3.8) is 0 Å². The van der Waals surface area contributed by atoms with Crippen LogP contribution in [-0.4, -0.2) is 20.3 Å². The third-order valence-electron chi connectivity index (χ3n) is 4.47. The summed E-state index contributed by atoms with van der Waals surface area (Å²) in [6, 6.07) is 8.21. The van der Waals surface area contributed by atoms with Gasteiger partial charge in [0.25, 0.3) is 0 Å². The Morgan fingerprint density at radius 2 is 1.90 bits per heavy atom. The minimum atomic E-state index is 0.0747. The molecule has 0 saturated heterocycles. The normalized spacial score (nSPS) is 17.6. The first-order valence-electron chi connectivity index (χ1n) is 8.27. The fourth-order valence-corrected chi connectivity index (χ4v) is 3.20. The van der Waals surface area contributed by atoms with E-state index in [2.05, 4.69) is 6.07 Å². The molecule has 1 aliphatic rings. The Kier molecular flexibility index (Phi) is 7.04. The van der Waals surface area contributed by atoms with Crippen LogP contribution in [0.25, 0.3) is 0 Å². The lowest BCUT2D eigenvalue weighted by Crippen LogP contribution is -2.16. The number of ether oxygens (including phenoxy) is 2. The highest BCUT2D eigenvalue weighted by Gasteiger charge is 2.17. The number of para-hydroxylation sites is 1. The Hall–Kier alpha value is -1.06. The van der Waals surface area contributed by atoms with Gasteiger partial charge in [-0.05, 0) is 24.8 Å². The van der Waals surface area contributed by atoms with E-state index in [9.17, 15) is 0 Å². The summed E-state index contributed by atoms with van der Waals surface area (Å²) in [4.78, 5) is 0. The molecule has 1 aliphatic carbocycles. The highest BCUT2D eigenvalue weighted by atomic mass is 16.5. The monoisotopic (exact) mass is 291 g/mol. The number of benzene rings is 1. The van der Waals surface area contributed by atoms with Crippen LogP contribution in [0, 0.1) is 5.92 Å². The molecule has 0 aromatic heterocycles. The van der Waals surface area contributed by atoms with Crippen LogP contribution in [0.3, 0.4) is 0 Å². The number of rotatable bonds is 8. The Labute approximate surface area is 128 Å². The maximum atomic E-state index is 6.41. The predicted octanol–water partition coefficient (Wildman–Crippen LogP) is 4.07. The zero-order valence-corrected chi connectivity index (χ0v) is 13.2. The van der Waals surface area contributed by atoms with Crippen molar-refractivity contribution >= 4 is 0 Å². The van der Waals surface area contributed by atoms with Crippen LogP contribution in [0.15, 0.2) is 24.3 Å². The van der Waals surface area contributed by atoms with Gasteiger partial charge in [0.1, 0.15) is 12.4 Å². The molecule has 0 heterocycles. The minimum absolute atomic E-state index is 0.0747. The average molecular weight is 291 g/mol. The van der Waals surface area contributed by atoms with Gasteiger partial charge >= 0.3 is 0 Å². The summed E-state index contributed by atoms with van der Waals surface area (Å²) in [7, 11) is 1.69. The van der Waals surface area contributed by atoms with E-state index >= 15 is 0 Å². The van der Waals surface area contributed by atoms with Gasteiger partial charge in [-0.2, -0.15) is 0 Å².